The van der Waals surface area contributed by atoms with Gasteiger partial charge in [0.2, 0.25) is 5.91 Å². The van der Waals surface area contributed by atoms with Crippen LogP contribution in [0.1, 0.15) is 23.7 Å². The lowest BCUT2D eigenvalue weighted by atomic mass is 10.1. The molecule has 0 fully saturated rings. The minimum atomic E-state index is -0.466. The number of primary amides is 1. The van der Waals surface area contributed by atoms with E-state index >= 15 is 0 Å². The maximum absolute atomic E-state index is 11.9. The second-order valence-electron chi connectivity index (χ2n) is 4.00. The van der Waals surface area contributed by atoms with Crippen molar-refractivity contribution in [3.63, 3.8) is 0 Å². The van der Waals surface area contributed by atoms with Gasteiger partial charge < -0.3 is 21.5 Å². The first-order valence-corrected chi connectivity index (χ1v) is 5.46. The van der Waals surface area contributed by atoms with Crippen LogP contribution in [0.4, 0.5) is 5.69 Å². The van der Waals surface area contributed by atoms with Gasteiger partial charge in [0.25, 0.3) is 5.91 Å². The van der Waals surface area contributed by atoms with Crippen molar-refractivity contribution >= 4 is 17.5 Å². The first-order valence-electron chi connectivity index (χ1n) is 5.46. The van der Waals surface area contributed by atoms with Crippen LogP contribution in [0.3, 0.4) is 0 Å². The van der Waals surface area contributed by atoms with Gasteiger partial charge in [-0.3, -0.25) is 9.59 Å². The summed E-state index contributed by atoms with van der Waals surface area (Å²) in [7, 11) is 1.46. The molecule has 0 saturated carbocycles. The number of nitrogen functional groups attached to an aromatic ring is 1. The van der Waals surface area contributed by atoms with Crippen LogP contribution in [0.5, 0.6) is 5.75 Å². The van der Waals surface area contributed by atoms with Crippen molar-refractivity contribution in [3.05, 3.63) is 23.8 Å². The standard InChI is InChI=1S/C12H17N3O3/c1-7(5-11(14)16)15-12(17)9-4-3-8(13)6-10(9)18-2/h3-4,6-7H,5,13H2,1-2H3,(H2,14,16)(H,15,17). The summed E-state index contributed by atoms with van der Waals surface area (Å²) in [5, 5.41) is 2.66. The van der Waals surface area contributed by atoms with E-state index in [0.717, 1.165) is 0 Å². The van der Waals surface area contributed by atoms with E-state index in [2.05, 4.69) is 5.32 Å². The van der Waals surface area contributed by atoms with Crippen molar-refractivity contribution in [2.75, 3.05) is 12.8 Å². The molecule has 0 spiro atoms. The fourth-order valence-electron chi connectivity index (χ4n) is 1.55. The number of carbonyl (C=O) groups is 2. The van der Waals surface area contributed by atoms with Gasteiger partial charge >= 0.3 is 0 Å². The molecule has 1 aromatic carbocycles. The zero-order valence-corrected chi connectivity index (χ0v) is 10.4. The highest BCUT2D eigenvalue weighted by atomic mass is 16.5. The third-order valence-electron chi connectivity index (χ3n) is 2.36. The van der Waals surface area contributed by atoms with Gasteiger partial charge in [-0.25, -0.2) is 0 Å². The molecule has 0 saturated heterocycles. The molecule has 18 heavy (non-hydrogen) atoms. The average molecular weight is 251 g/mol. The number of hydrogen-bond acceptors (Lipinski definition) is 4. The van der Waals surface area contributed by atoms with E-state index in [1.807, 2.05) is 0 Å². The Morgan fingerprint density at radius 3 is 2.67 bits per heavy atom. The summed E-state index contributed by atoms with van der Waals surface area (Å²) < 4.78 is 5.08. The fraction of sp³-hybridized carbons (Fsp3) is 0.333. The van der Waals surface area contributed by atoms with E-state index in [4.69, 9.17) is 16.2 Å². The number of anilines is 1. The summed E-state index contributed by atoms with van der Waals surface area (Å²) in [5.74, 6) is -0.411. The zero-order valence-electron chi connectivity index (χ0n) is 10.4. The molecule has 98 valence electrons. The van der Waals surface area contributed by atoms with Crippen LogP contribution in [-0.4, -0.2) is 25.0 Å². The first kappa shape index (κ1) is 13.8. The van der Waals surface area contributed by atoms with Gasteiger partial charge in [-0.1, -0.05) is 0 Å². The molecule has 0 aromatic heterocycles. The maximum Gasteiger partial charge on any atom is 0.255 e. The average Bonchev–Trinajstić information content (AvgIpc) is 2.27. The lowest BCUT2D eigenvalue weighted by Crippen LogP contribution is -2.35. The molecule has 1 rings (SSSR count). The van der Waals surface area contributed by atoms with Gasteiger partial charge in [-0.05, 0) is 19.1 Å². The van der Waals surface area contributed by atoms with Crippen LogP contribution in [0.15, 0.2) is 18.2 Å². The zero-order chi connectivity index (χ0) is 13.7. The SMILES string of the molecule is COc1cc(N)ccc1C(=O)NC(C)CC(N)=O. The van der Waals surface area contributed by atoms with Crippen molar-refractivity contribution in [1.82, 2.24) is 5.32 Å². The Morgan fingerprint density at radius 1 is 1.44 bits per heavy atom. The fourth-order valence-corrected chi connectivity index (χ4v) is 1.55. The van der Waals surface area contributed by atoms with E-state index in [-0.39, 0.29) is 18.4 Å². The van der Waals surface area contributed by atoms with Crippen LogP contribution in [0.2, 0.25) is 0 Å². The van der Waals surface area contributed by atoms with Crippen LogP contribution in [0.25, 0.3) is 0 Å². The Labute approximate surface area is 105 Å². The predicted molar refractivity (Wildman–Crippen MR) is 68.1 cm³/mol. The Kier molecular flexibility index (Phi) is 4.53. The largest absolute Gasteiger partial charge is 0.496 e. The van der Waals surface area contributed by atoms with Crippen molar-refractivity contribution in [1.29, 1.82) is 0 Å². The lowest BCUT2D eigenvalue weighted by Gasteiger charge is -2.14. The Balaban J connectivity index is 2.81. The smallest absolute Gasteiger partial charge is 0.255 e. The molecule has 2 amide bonds. The monoisotopic (exact) mass is 251 g/mol. The highest BCUT2D eigenvalue weighted by Gasteiger charge is 2.15. The van der Waals surface area contributed by atoms with Crippen molar-refractivity contribution in [2.45, 2.75) is 19.4 Å². The van der Waals surface area contributed by atoms with Gasteiger partial charge in [0.05, 0.1) is 12.7 Å². The molecule has 0 bridgehead atoms. The number of benzene rings is 1. The lowest BCUT2D eigenvalue weighted by molar-refractivity contribution is -0.118. The van der Waals surface area contributed by atoms with E-state index < -0.39 is 5.91 Å². The number of ether oxygens (including phenoxy) is 1. The Bertz CT molecular complexity index is 460. The summed E-state index contributed by atoms with van der Waals surface area (Å²) in [6.07, 6.45) is 0.0863. The number of amides is 2. The molecule has 0 aliphatic heterocycles. The first-order chi connectivity index (χ1) is 8.43. The molecular formula is C12H17N3O3. The van der Waals surface area contributed by atoms with E-state index in [0.29, 0.717) is 17.0 Å². The minimum absolute atomic E-state index is 0.0863. The molecule has 0 aliphatic rings. The van der Waals surface area contributed by atoms with Gasteiger partial charge in [-0.2, -0.15) is 0 Å². The molecule has 0 radical (unpaired) electrons. The summed E-state index contributed by atoms with van der Waals surface area (Å²) in [4.78, 5) is 22.7. The minimum Gasteiger partial charge on any atom is -0.496 e. The number of nitrogens with one attached hydrogen (secondary N) is 1. The number of carbonyl (C=O) groups excluding carboxylic acids is 2. The molecule has 6 nitrogen and oxygen atoms in total. The highest BCUT2D eigenvalue weighted by Crippen LogP contribution is 2.21. The molecule has 0 heterocycles. The molecule has 6 heteroatoms. The second-order valence-corrected chi connectivity index (χ2v) is 4.00. The van der Waals surface area contributed by atoms with E-state index in [1.54, 1.807) is 25.1 Å². The van der Waals surface area contributed by atoms with Gasteiger partial charge in [-0.15, -0.1) is 0 Å². The number of methoxy groups -OCH3 is 1. The number of rotatable bonds is 5. The summed E-state index contributed by atoms with van der Waals surface area (Å²) >= 11 is 0. The second kappa shape index (κ2) is 5.90. The molecule has 5 N–H and O–H groups in total. The van der Waals surface area contributed by atoms with Crippen molar-refractivity contribution < 1.29 is 14.3 Å². The van der Waals surface area contributed by atoms with Crippen molar-refractivity contribution in [3.8, 4) is 5.75 Å². The predicted octanol–water partition coefficient (Wildman–Crippen LogP) is 0.271. The molecule has 1 unspecified atom stereocenters. The maximum atomic E-state index is 11.9. The van der Waals surface area contributed by atoms with Gasteiger partial charge in [0.15, 0.2) is 0 Å². The van der Waals surface area contributed by atoms with Crippen LogP contribution < -0.4 is 21.5 Å². The van der Waals surface area contributed by atoms with E-state index in [9.17, 15) is 9.59 Å². The molecular weight excluding hydrogens is 234 g/mol. The topological polar surface area (TPSA) is 107 Å². The summed E-state index contributed by atoms with van der Waals surface area (Å²) in [6.45, 7) is 1.70. The third kappa shape index (κ3) is 3.65. The van der Waals surface area contributed by atoms with Crippen LogP contribution in [0, 0.1) is 0 Å². The molecule has 1 aromatic rings. The van der Waals surface area contributed by atoms with Gasteiger partial charge in [0.1, 0.15) is 5.75 Å². The van der Waals surface area contributed by atoms with Crippen molar-refractivity contribution in [2.24, 2.45) is 5.73 Å². The van der Waals surface area contributed by atoms with Crippen LogP contribution in [-0.2, 0) is 4.79 Å². The number of hydrogen-bond donors (Lipinski definition) is 3. The normalized spacial score (nSPS) is 11.7. The third-order valence-corrected chi connectivity index (χ3v) is 2.36. The van der Waals surface area contributed by atoms with Gasteiger partial charge in [0, 0.05) is 24.2 Å². The summed E-state index contributed by atoms with van der Waals surface area (Å²) in [5.41, 5.74) is 11.5. The number of nitrogens with two attached hydrogens (primary N) is 2. The summed E-state index contributed by atoms with van der Waals surface area (Å²) in [6, 6.07) is 4.40. The van der Waals surface area contributed by atoms with Crippen LogP contribution >= 0.6 is 0 Å². The molecule has 0 aliphatic carbocycles. The Hall–Kier alpha value is -2.24. The quantitative estimate of drug-likeness (QED) is 0.653. The van der Waals surface area contributed by atoms with E-state index in [1.165, 1.54) is 7.11 Å². The highest BCUT2D eigenvalue weighted by molar-refractivity contribution is 5.97. The molecule has 1 atom stereocenters. The Morgan fingerprint density at radius 2 is 2.11 bits per heavy atom.